The normalized spacial score (nSPS) is 19.2. The summed E-state index contributed by atoms with van der Waals surface area (Å²) < 4.78 is 0. The number of fused-ring (bicyclic) bond motifs is 1. The average molecular weight is 222 g/mol. The Balaban J connectivity index is 2.22. The molecule has 0 bridgehead atoms. The van der Waals surface area contributed by atoms with Crippen molar-refractivity contribution in [2.24, 2.45) is 0 Å². The lowest BCUT2D eigenvalue weighted by molar-refractivity contribution is -0.305. The lowest BCUT2D eigenvalue weighted by Gasteiger charge is -2.23. The van der Waals surface area contributed by atoms with E-state index in [1.54, 1.807) is 6.07 Å². The van der Waals surface area contributed by atoms with Crippen molar-refractivity contribution in [1.29, 1.82) is 0 Å². The Bertz CT molecular complexity index is 419. The summed E-state index contributed by atoms with van der Waals surface area (Å²) >= 11 is 1.26. The van der Waals surface area contributed by atoms with Crippen molar-refractivity contribution in [3.63, 3.8) is 0 Å². The molecule has 78 valence electrons. The summed E-state index contributed by atoms with van der Waals surface area (Å²) in [5, 5.41) is 12.5. The zero-order valence-electron chi connectivity index (χ0n) is 7.73. The quantitative estimate of drug-likeness (QED) is 0.778. The number of benzene rings is 1. The number of carboxylic acids is 1. The molecule has 4 nitrogen and oxygen atoms in total. The monoisotopic (exact) mass is 222 g/mol. The van der Waals surface area contributed by atoms with Crippen LogP contribution < -0.4 is 10.4 Å². The summed E-state index contributed by atoms with van der Waals surface area (Å²) in [5.41, 5.74) is 0.738. The van der Waals surface area contributed by atoms with Gasteiger partial charge in [-0.25, -0.2) is 0 Å². The molecule has 0 aliphatic carbocycles. The van der Waals surface area contributed by atoms with Crippen LogP contribution in [-0.2, 0) is 9.59 Å². The molecule has 1 heterocycles. The molecule has 0 aromatic heterocycles. The predicted octanol–water partition coefficient (Wildman–Crippen LogP) is 0.239. The molecule has 0 saturated carbocycles. The van der Waals surface area contributed by atoms with Crippen LogP contribution in [0.15, 0.2) is 29.2 Å². The maximum absolute atomic E-state index is 11.5. The highest BCUT2D eigenvalue weighted by atomic mass is 32.2. The minimum absolute atomic E-state index is 0.259. The van der Waals surface area contributed by atoms with Gasteiger partial charge in [-0.15, -0.1) is 11.8 Å². The number of anilines is 1. The van der Waals surface area contributed by atoms with Gasteiger partial charge in [0.05, 0.1) is 10.9 Å². The smallest absolute Gasteiger partial charge is 0.238 e. The molecule has 0 radical (unpaired) electrons. The maximum atomic E-state index is 11.5. The molecule has 1 N–H and O–H groups in total. The molecule has 5 heteroatoms. The lowest BCUT2D eigenvalue weighted by Crippen LogP contribution is -2.35. The van der Waals surface area contributed by atoms with Gasteiger partial charge in [-0.2, -0.15) is 0 Å². The van der Waals surface area contributed by atoms with Crippen molar-refractivity contribution >= 4 is 29.3 Å². The van der Waals surface area contributed by atoms with Crippen molar-refractivity contribution in [2.45, 2.75) is 16.6 Å². The van der Waals surface area contributed by atoms with Crippen molar-refractivity contribution in [3.05, 3.63) is 24.3 Å². The van der Waals surface area contributed by atoms with Gasteiger partial charge in [0.1, 0.15) is 0 Å². The molecule has 0 spiro atoms. The Kier molecular flexibility index (Phi) is 2.64. The molecular weight excluding hydrogens is 214 g/mol. The van der Waals surface area contributed by atoms with E-state index in [2.05, 4.69) is 5.32 Å². The van der Waals surface area contributed by atoms with Crippen molar-refractivity contribution in [2.75, 3.05) is 5.32 Å². The van der Waals surface area contributed by atoms with Crippen molar-refractivity contribution in [1.82, 2.24) is 0 Å². The Morgan fingerprint density at radius 1 is 1.47 bits per heavy atom. The summed E-state index contributed by atoms with van der Waals surface area (Å²) in [5.74, 6) is -1.48. The zero-order chi connectivity index (χ0) is 10.8. The van der Waals surface area contributed by atoms with Crippen LogP contribution in [0.2, 0.25) is 0 Å². The van der Waals surface area contributed by atoms with E-state index in [0.29, 0.717) is 0 Å². The topological polar surface area (TPSA) is 69.2 Å². The standard InChI is InChI=1S/C10H9NO3S/c12-9(13)5-8-10(14)11-6-3-1-2-4-7(6)15-8/h1-4,8H,5H2,(H,11,14)(H,12,13)/p-1/t8-/m0/s1. The third-order valence-electron chi connectivity index (χ3n) is 2.06. The van der Waals surface area contributed by atoms with Crippen molar-refractivity contribution in [3.8, 4) is 0 Å². The number of amides is 1. The van der Waals surface area contributed by atoms with Gasteiger partial charge in [0, 0.05) is 17.3 Å². The lowest BCUT2D eigenvalue weighted by atomic mass is 10.2. The Labute approximate surface area is 90.7 Å². The van der Waals surface area contributed by atoms with Gasteiger partial charge in [-0.05, 0) is 12.1 Å². The van der Waals surface area contributed by atoms with Crippen LogP contribution in [0.1, 0.15) is 6.42 Å². The van der Waals surface area contributed by atoms with Gasteiger partial charge in [0.2, 0.25) is 5.91 Å². The van der Waals surface area contributed by atoms with E-state index >= 15 is 0 Å². The largest absolute Gasteiger partial charge is 0.550 e. The second-order valence-corrected chi connectivity index (χ2v) is 4.41. The van der Waals surface area contributed by atoms with Crippen molar-refractivity contribution < 1.29 is 14.7 Å². The van der Waals surface area contributed by atoms with Crippen LogP contribution in [0, 0.1) is 0 Å². The van der Waals surface area contributed by atoms with E-state index in [0.717, 1.165) is 10.6 Å². The third-order valence-corrected chi connectivity index (χ3v) is 3.33. The second-order valence-electron chi connectivity index (χ2n) is 3.17. The van der Waals surface area contributed by atoms with E-state index < -0.39 is 11.2 Å². The zero-order valence-corrected chi connectivity index (χ0v) is 8.54. The minimum Gasteiger partial charge on any atom is -0.550 e. The first-order valence-corrected chi connectivity index (χ1v) is 5.31. The van der Waals surface area contributed by atoms with E-state index in [1.807, 2.05) is 18.2 Å². The number of carbonyl (C=O) groups is 2. The number of hydrogen-bond donors (Lipinski definition) is 1. The number of nitrogens with one attached hydrogen (secondary N) is 1. The number of hydrogen-bond acceptors (Lipinski definition) is 4. The molecule has 0 saturated heterocycles. The molecule has 1 aromatic carbocycles. The summed E-state index contributed by atoms with van der Waals surface area (Å²) in [7, 11) is 0. The fourth-order valence-corrected chi connectivity index (χ4v) is 2.47. The molecule has 1 aliphatic rings. The van der Waals surface area contributed by atoms with Crippen LogP contribution >= 0.6 is 11.8 Å². The number of para-hydroxylation sites is 1. The van der Waals surface area contributed by atoms with Gasteiger partial charge < -0.3 is 15.2 Å². The van der Waals surface area contributed by atoms with Gasteiger partial charge in [0.25, 0.3) is 0 Å². The average Bonchev–Trinajstić information content (AvgIpc) is 2.18. The minimum atomic E-state index is -1.21. The highest BCUT2D eigenvalue weighted by Crippen LogP contribution is 2.36. The Hall–Kier alpha value is -1.49. The highest BCUT2D eigenvalue weighted by molar-refractivity contribution is 8.01. The van der Waals surface area contributed by atoms with E-state index in [1.165, 1.54) is 11.8 Å². The SMILES string of the molecule is O=C([O-])C[C@@H]1Sc2ccccc2NC1=O. The van der Waals surface area contributed by atoms with Crippen LogP contribution in [0.4, 0.5) is 5.69 Å². The first kappa shape index (κ1) is 10.0. The summed E-state index contributed by atoms with van der Waals surface area (Å²) in [6.07, 6.45) is -0.259. The van der Waals surface area contributed by atoms with Gasteiger partial charge in [-0.3, -0.25) is 4.79 Å². The van der Waals surface area contributed by atoms with Crippen LogP contribution in [0.5, 0.6) is 0 Å². The second kappa shape index (κ2) is 3.94. The van der Waals surface area contributed by atoms with Crippen LogP contribution in [-0.4, -0.2) is 17.1 Å². The van der Waals surface area contributed by atoms with Gasteiger partial charge in [0.15, 0.2) is 0 Å². The van der Waals surface area contributed by atoms with E-state index in [4.69, 9.17) is 0 Å². The highest BCUT2D eigenvalue weighted by Gasteiger charge is 2.26. The third kappa shape index (κ3) is 2.12. The van der Waals surface area contributed by atoms with Gasteiger partial charge >= 0.3 is 0 Å². The fourth-order valence-electron chi connectivity index (χ4n) is 1.38. The molecule has 1 atom stereocenters. The molecule has 15 heavy (non-hydrogen) atoms. The summed E-state index contributed by atoms with van der Waals surface area (Å²) in [4.78, 5) is 22.8. The van der Waals surface area contributed by atoms with Crippen LogP contribution in [0.25, 0.3) is 0 Å². The molecule has 1 aliphatic heterocycles. The number of thioether (sulfide) groups is 1. The Morgan fingerprint density at radius 3 is 2.93 bits per heavy atom. The maximum Gasteiger partial charge on any atom is 0.238 e. The number of rotatable bonds is 2. The first-order valence-electron chi connectivity index (χ1n) is 4.43. The molecule has 1 amide bonds. The molecule has 1 aromatic rings. The fraction of sp³-hybridized carbons (Fsp3) is 0.200. The van der Waals surface area contributed by atoms with Crippen LogP contribution in [0.3, 0.4) is 0 Å². The summed E-state index contributed by atoms with van der Waals surface area (Å²) in [6, 6.07) is 7.30. The number of aliphatic carboxylic acids is 1. The Morgan fingerprint density at radius 2 is 2.20 bits per heavy atom. The first-order chi connectivity index (χ1) is 7.16. The molecule has 2 rings (SSSR count). The summed E-state index contributed by atoms with van der Waals surface area (Å²) in [6.45, 7) is 0. The van der Waals surface area contributed by atoms with Gasteiger partial charge in [-0.1, -0.05) is 12.1 Å². The van der Waals surface area contributed by atoms with E-state index in [9.17, 15) is 14.7 Å². The molecule has 0 fully saturated rings. The molecule has 0 unspecified atom stereocenters. The predicted molar refractivity (Wildman–Crippen MR) is 54.3 cm³/mol. The number of carbonyl (C=O) groups excluding carboxylic acids is 2. The number of carboxylic acid groups (broad SMARTS) is 1. The molecular formula is C10H8NO3S-. The van der Waals surface area contributed by atoms with E-state index in [-0.39, 0.29) is 12.3 Å².